The molecule has 2 fully saturated rings. The van der Waals surface area contributed by atoms with Crippen LogP contribution in [0.2, 0.25) is 0 Å². The molecule has 2 aliphatic rings. The molecule has 2 saturated heterocycles. The number of hydrogen-bond donors (Lipinski definition) is 1. The van der Waals surface area contributed by atoms with Crippen LogP contribution in [-0.2, 0) is 11.8 Å². The second kappa shape index (κ2) is 8.86. The molecule has 1 N–H and O–H groups in total. The summed E-state index contributed by atoms with van der Waals surface area (Å²) in [5.41, 5.74) is 1.26. The average Bonchev–Trinajstić information content (AvgIpc) is 3.08. The van der Waals surface area contributed by atoms with Crippen molar-refractivity contribution in [3.63, 3.8) is 0 Å². The maximum atomic E-state index is 12.6. The number of aromatic nitrogens is 2. The Bertz CT molecular complexity index is 584. The van der Waals surface area contributed by atoms with E-state index >= 15 is 0 Å². The van der Waals surface area contributed by atoms with E-state index in [0.29, 0.717) is 12.0 Å². The van der Waals surface area contributed by atoms with Crippen LogP contribution in [-0.4, -0.2) is 71.5 Å². The summed E-state index contributed by atoms with van der Waals surface area (Å²) in [6.45, 7) is 6.61. The van der Waals surface area contributed by atoms with Crippen molar-refractivity contribution in [1.82, 2.24) is 24.9 Å². The highest BCUT2D eigenvalue weighted by molar-refractivity contribution is 5.74. The minimum Gasteiger partial charge on any atom is -0.381 e. The molecule has 0 saturated carbocycles. The molecular weight excluding hydrogens is 330 g/mol. The van der Waals surface area contributed by atoms with Crippen molar-refractivity contribution < 1.29 is 9.53 Å². The van der Waals surface area contributed by atoms with Crippen LogP contribution < -0.4 is 5.32 Å². The lowest BCUT2D eigenvalue weighted by Crippen LogP contribution is -2.49. The molecule has 3 heterocycles. The molecule has 7 nitrogen and oxygen atoms in total. The van der Waals surface area contributed by atoms with Crippen molar-refractivity contribution in [2.75, 3.05) is 39.9 Å². The summed E-state index contributed by atoms with van der Waals surface area (Å²) in [5.74, 6) is 0.429. The maximum absolute atomic E-state index is 12.6. The second-order valence-electron chi connectivity index (χ2n) is 7.64. The van der Waals surface area contributed by atoms with Crippen molar-refractivity contribution in [2.24, 2.45) is 13.0 Å². The van der Waals surface area contributed by atoms with E-state index in [0.717, 1.165) is 52.1 Å². The van der Waals surface area contributed by atoms with Gasteiger partial charge in [0.25, 0.3) is 0 Å². The number of ether oxygens (including phenoxy) is 1. The second-order valence-corrected chi connectivity index (χ2v) is 7.64. The van der Waals surface area contributed by atoms with E-state index in [1.807, 2.05) is 29.9 Å². The zero-order valence-corrected chi connectivity index (χ0v) is 16.4. The molecule has 3 rings (SSSR count). The van der Waals surface area contributed by atoms with Crippen LogP contribution in [0.3, 0.4) is 0 Å². The summed E-state index contributed by atoms with van der Waals surface area (Å²) in [7, 11) is 3.88. The van der Waals surface area contributed by atoms with Crippen LogP contribution in [0, 0.1) is 5.92 Å². The van der Waals surface area contributed by atoms with E-state index in [1.165, 1.54) is 12.0 Å². The third-order valence-corrected chi connectivity index (χ3v) is 5.74. The Hall–Kier alpha value is -1.60. The van der Waals surface area contributed by atoms with Gasteiger partial charge >= 0.3 is 6.03 Å². The van der Waals surface area contributed by atoms with E-state index in [-0.39, 0.29) is 12.1 Å². The zero-order valence-electron chi connectivity index (χ0n) is 16.4. The Balaban J connectivity index is 1.64. The Morgan fingerprint density at radius 1 is 1.38 bits per heavy atom. The number of carbonyl (C=O) groups is 1. The normalized spacial score (nSPS) is 25.2. The van der Waals surface area contributed by atoms with Crippen LogP contribution in [0.25, 0.3) is 0 Å². The summed E-state index contributed by atoms with van der Waals surface area (Å²) < 4.78 is 7.25. The molecule has 0 radical (unpaired) electrons. The van der Waals surface area contributed by atoms with Gasteiger partial charge in [-0.3, -0.25) is 9.58 Å². The number of likely N-dealkylation sites (tertiary alicyclic amines) is 1. The molecule has 0 bridgehead atoms. The predicted molar refractivity (Wildman–Crippen MR) is 101 cm³/mol. The van der Waals surface area contributed by atoms with E-state index in [9.17, 15) is 4.79 Å². The minimum absolute atomic E-state index is 0.0375. The largest absolute Gasteiger partial charge is 0.381 e. The summed E-state index contributed by atoms with van der Waals surface area (Å²) in [6.07, 6.45) is 8.24. The lowest BCUT2D eigenvalue weighted by atomic mass is 9.85. The number of urea groups is 1. The number of hydrogen-bond acceptors (Lipinski definition) is 4. The van der Waals surface area contributed by atoms with Crippen LogP contribution in [0.5, 0.6) is 0 Å². The molecule has 0 unspecified atom stereocenters. The fourth-order valence-electron chi connectivity index (χ4n) is 4.33. The highest BCUT2D eigenvalue weighted by atomic mass is 16.5. The molecule has 26 heavy (non-hydrogen) atoms. The summed E-state index contributed by atoms with van der Waals surface area (Å²) in [6, 6.07) is 0.613. The topological polar surface area (TPSA) is 62.6 Å². The summed E-state index contributed by atoms with van der Waals surface area (Å²) >= 11 is 0. The molecule has 0 aromatic carbocycles. The molecule has 0 aliphatic carbocycles. The molecule has 2 atom stereocenters. The van der Waals surface area contributed by atoms with Crippen LogP contribution in [0.1, 0.15) is 44.2 Å². The Kier molecular flexibility index (Phi) is 6.53. The van der Waals surface area contributed by atoms with Gasteiger partial charge in [-0.2, -0.15) is 5.10 Å². The van der Waals surface area contributed by atoms with Gasteiger partial charge in [-0.05, 0) is 44.7 Å². The highest BCUT2D eigenvalue weighted by Gasteiger charge is 2.34. The van der Waals surface area contributed by atoms with E-state index in [4.69, 9.17) is 4.74 Å². The standard InChI is InChI=1S/C19H33N5O2/c1-4-24-9-5-6-15(18(24)16-12-20-23(3)14-16)13-22(2)19(25)21-17-7-10-26-11-8-17/h12,14-15,17-18H,4-11,13H2,1-3H3,(H,21,25)/t15-,18+/m0/s1. The van der Waals surface area contributed by atoms with Gasteiger partial charge in [0.05, 0.1) is 6.20 Å². The van der Waals surface area contributed by atoms with E-state index in [2.05, 4.69) is 28.4 Å². The van der Waals surface area contributed by atoms with Gasteiger partial charge in [0.1, 0.15) is 0 Å². The van der Waals surface area contributed by atoms with Crippen molar-refractivity contribution in [2.45, 2.75) is 44.7 Å². The lowest BCUT2D eigenvalue weighted by molar-refractivity contribution is 0.0718. The first-order chi connectivity index (χ1) is 12.6. The van der Waals surface area contributed by atoms with Gasteiger partial charge < -0.3 is 15.0 Å². The number of piperidine rings is 1. The van der Waals surface area contributed by atoms with Gasteiger partial charge in [-0.15, -0.1) is 0 Å². The van der Waals surface area contributed by atoms with Gasteiger partial charge in [0.2, 0.25) is 0 Å². The molecule has 1 aromatic heterocycles. The third-order valence-electron chi connectivity index (χ3n) is 5.74. The third kappa shape index (κ3) is 4.57. The van der Waals surface area contributed by atoms with Crippen LogP contribution in [0.15, 0.2) is 12.4 Å². The molecule has 1 aromatic rings. The number of rotatable bonds is 5. The van der Waals surface area contributed by atoms with Gasteiger partial charge in [-0.1, -0.05) is 6.92 Å². The average molecular weight is 364 g/mol. The van der Waals surface area contributed by atoms with Gasteiger partial charge in [-0.25, -0.2) is 4.79 Å². The Labute approximate surface area is 156 Å². The van der Waals surface area contributed by atoms with Gasteiger partial charge in [0, 0.05) is 57.7 Å². The monoisotopic (exact) mass is 363 g/mol. The first-order valence-electron chi connectivity index (χ1n) is 9.90. The minimum atomic E-state index is 0.0375. The Morgan fingerprint density at radius 3 is 2.81 bits per heavy atom. The van der Waals surface area contributed by atoms with E-state index < -0.39 is 0 Å². The van der Waals surface area contributed by atoms with Crippen LogP contribution >= 0.6 is 0 Å². The first-order valence-corrected chi connectivity index (χ1v) is 9.90. The molecule has 0 spiro atoms. The first kappa shape index (κ1) is 19.2. The highest BCUT2D eigenvalue weighted by Crippen LogP contribution is 2.36. The zero-order chi connectivity index (χ0) is 18.5. The Morgan fingerprint density at radius 2 is 2.15 bits per heavy atom. The number of aryl methyl sites for hydroxylation is 1. The molecule has 2 aliphatic heterocycles. The SMILES string of the molecule is CCN1CCC[C@@H](CN(C)C(=O)NC2CCOCC2)[C@@H]1c1cnn(C)c1. The fraction of sp³-hybridized carbons (Fsp3) is 0.789. The summed E-state index contributed by atoms with van der Waals surface area (Å²) in [5, 5.41) is 7.54. The van der Waals surface area contributed by atoms with Crippen molar-refractivity contribution in [1.29, 1.82) is 0 Å². The fourth-order valence-corrected chi connectivity index (χ4v) is 4.33. The number of nitrogens with one attached hydrogen (secondary N) is 1. The number of nitrogens with zero attached hydrogens (tertiary/aromatic N) is 4. The van der Waals surface area contributed by atoms with E-state index in [1.54, 1.807) is 0 Å². The van der Waals surface area contributed by atoms with Crippen molar-refractivity contribution in [3.8, 4) is 0 Å². The summed E-state index contributed by atoms with van der Waals surface area (Å²) in [4.78, 5) is 17.0. The molecular formula is C19H33N5O2. The maximum Gasteiger partial charge on any atom is 0.317 e. The molecule has 7 heteroatoms. The molecule has 146 valence electrons. The lowest BCUT2D eigenvalue weighted by Gasteiger charge is -2.42. The quantitative estimate of drug-likeness (QED) is 0.869. The number of amides is 2. The molecule has 2 amide bonds. The smallest absolute Gasteiger partial charge is 0.317 e. The van der Waals surface area contributed by atoms with Crippen molar-refractivity contribution in [3.05, 3.63) is 18.0 Å². The number of carbonyl (C=O) groups excluding carboxylic acids is 1. The van der Waals surface area contributed by atoms with Gasteiger partial charge in [0.15, 0.2) is 0 Å². The van der Waals surface area contributed by atoms with Crippen LogP contribution in [0.4, 0.5) is 4.79 Å². The van der Waals surface area contributed by atoms with Crippen molar-refractivity contribution >= 4 is 6.03 Å². The predicted octanol–water partition coefficient (Wildman–Crippen LogP) is 2.01.